The molecule has 0 saturated heterocycles. The highest BCUT2D eigenvalue weighted by Crippen LogP contribution is 2.28. The Kier molecular flexibility index (Phi) is 3.23. The molecule has 19 heavy (non-hydrogen) atoms. The minimum Gasteiger partial charge on any atom is -0.337 e. The van der Waals surface area contributed by atoms with Gasteiger partial charge in [0.15, 0.2) is 0 Å². The number of rotatable bonds is 4. The van der Waals surface area contributed by atoms with E-state index >= 15 is 0 Å². The summed E-state index contributed by atoms with van der Waals surface area (Å²) < 4.78 is 2.05. The smallest absolute Gasteiger partial charge is 0.226 e. The highest BCUT2D eigenvalue weighted by atomic mass is 16.2. The van der Waals surface area contributed by atoms with E-state index in [1.165, 1.54) is 6.42 Å². The molecule has 1 aliphatic rings. The molecule has 3 rings (SSSR count). The third-order valence-corrected chi connectivity index (χ3v) is 3.99. The molecule has 0 spiro atoms. The van der Waals surface area contributed by atoms with Crippen LogP contribution in [-0.4, -0.2) is 26.7 Å². The summed E-state index contributed by atoms with van der Waals surface area (Å²) in [5.74, 6) is 0.568. The third kappa shape index (κ3) is 2.23. The van der Waals surface area contributed by atoms with Gasteiger partial charge in [-0.25, -0.2) is 4.98 Å². The number of carbonyl (C=O) groups is 1. The van der Waals surface area contributed by atoms with E-state index in [4.69, 9.17) is 0 Å². The Morgan fingerprint density at radius 2 is 2.32 bits per heavy atom. The maximum atomic E-state index is 12.3. The van der Waals surface area contributed by atoms with Crippen LogP contribution in [0.1, 0.15) is 31.9 Å². The zero-order valence-corrected chi connectivity index (χ0v) is 11.2. The Morgan fingerprint density at radius 3 is 3.00 bits per heavy atom. The van der Waals surface area contributed by atoms with Crippen molar-refractivity contribution >= 4 is 11.6 Å². The molecule has 1 fully saturated rings. The number of imidazole rings is 1. The Bertz CT molecular complexity index is 586. The van der Waals surface area contributed by atoms with E-state index in [0.717, 1.165) is 30.7 Å². The molecule has 0 aliphatic heterocycles. The first kappa shape index (κ1) is 12.2. The number of fused-ring (bicyclic) bond motifs is 1. The molecular weight excluding hydrogens is 238 g/mol. The van der Waals surface area contributed by atoms with Crippen molar-refractivity contribution in [3.05, 3.63) is 36.3 Å². The second kappa shape index (κ2) is 5.03. The maximum Gasteiger partial charge on any atom is 0.226 e. The van der Waals surface area contributed by atoms with Gasteiger partial charge in [0.05, 0.1) is 18.4 Å². The first-order chi connectivity index (χ1) is 9.29. The van der Waals surface area contributed by atoms with Crippen molar-refractivity contribution in [3.63, 3.8) is 0 Å². The van der Waals surface area contributed by atoms with E-state index in [9.17, 15) is 4.79 Å². The van der Waals surface area contributed by atoms with Crippen molar-refractivity contribution in [2.45, 2.75) is 32.7 Å². The van der Waals surface area contributed by atoms with Gasteiger partial charge in [0.1, 0.15) is 5.65 Å². The van der Waals surface area contributed by atoms with Gasteiger partial charge in [0, 0.05) is 18.7 Å². The van der Waals surface area contributed by atoms with E-state index in [1.54, 1.807) is 0 Å². The minimum absolute atomic E-state index is 0.263. The second-order valence-electron chi connectivity index (χ2n) is 5.16. The fourth-order valence-electron chi connectivity index (χ4n) is 2.56. The van der Waals surface area contributed by atoms with Crippen molar-refractivity contribution in [1.29, 1.82) is 0 Å². The van der Waals surface area contributed by atoms with Crippen molar-refractivity contribution in [3.8, 4) is 0 Å². The summed E-state index contributed by atoms with van der Waals surface area (Å²) >= 11 is 0. The summed E-state index contributed by atoms with van der Waals surface area (Å²) in [5, 5.41) is 0. The molecule has 4 heteroatoms. The number of nitrogens with zero attached hydrogens (tertiary/aromatic N) is 3. The molecule has 0 aromatic carbocycles. The van der Waals surface area contributed by atoms with Crippen LogP contribution < -0.4 is 0 Å². The Balaban J connectivity index is 1.80. The molecule has 0 N–H and O–H groups in total. The zero-order chi connectivity index (χ0) is 13.2. The molecule has 1 saturated carbocycles. The van der Waals surface area contributed by atoms with Crippen LogP contribution in [0.3, 0.4) is 0 Å². The molecule has 1 aliphatic carbocycles. The number of pyridine rings is 1. The summed E-state index contributed by atoms with van der Waals surface area (Å²) in [6.45, 7) is 3.45. The zero-order valence-electron chi connectivity index (χ0n) is 11.2. The van der Waals surface area contributed by atoms with Gasteiger partial charge in [-0.2, -0.15) is 0 Å². The van der Waals surface area contributed by atoms with Gasteiger partial charge in [-0.05, 0) is 31.9 Å². The molecule has 0 bridgehead atoms. The number of amides is 1. The standard InChI is InChI=1S/C15H19N3O/c1-2-17(15(19)12-6-5-7-12)11-13-10-16-14-8-3-4-9-18(13)14/h3-4,8-10,12H,2,5-7,11H2,1H3. The van der Waals surface area contributed by atoms with Crippen LogP contribution in [0.15, 0.2) is 30.6 Å². The van der Waals surface area contributed by atoms with Gasteiger partial charge in [-0.3, -0.25) is 4.79 Å². The summed E-state index contributed by atoms with van der Waals surface area (Å²) in [5.41, 5.74) is 2.01. The predicted octanol–water partition coefficient (Wildman–Crippen LogP) is 2.48. The SMILES string of the molecule is CCN(Cc1cnc2ccccn12)C(=O)C1CCC1. The first-order valence-corrected chi connectivity index (χ1v) is 6.99. The Labute approximate surface area is 113 Å². The highest BCUT2D eigenvalue weighted by molar-refractivity contribution is 5.79. The summed E-state index contributed by atoms with van der Waals surface area (Å²) in [6.07, 6.45) is 7.18. The number of carbonyl (C=O) groups excluding carboxylic acids is 1. The molecule has 0 unspecified atom stereocenters. The van der Waals surface area contributed by atoms with Crippen LogP contribution >= 0.6 is 0 Å². The van der Waals surface area contributed by atoms with E-state index in [-0.39, 0.29) is 5.92 Å². The summed E-state index contributed by atoms with van der Waals surface area (Å²) in [7, 11) is 0. The first-order valence-electron chi connectivity index (χ1n) is 6.99. The minimum atomic E-state index is 0.263. The fraction of sp³-hybridized carbons (Fsp3) is 0.467. The van der Waals surface area contributed by atoms with Crippen molar-refractivity contribution in [2.75, 3.05) is 6.54 Å². The molecule has 2 aromatic rings. The average Bonchev–Trinajstić information content (AvgIpc) is 2.77. The second-order valence-corrected chi connectivity index (χ2v) is 5.16. The van der Waals surface area contributed by atoms with Gasteiger partial charge in [-0.15, -0.1) is 0 Å². The molecule has 2 aromatic heterocycles. The third-order valence-electron chi connectivity index (χ3n) is 3.99. The van der Waals surface area contributed by atoms with Gasteiger partial charge >= 0.3 is 0 Å². The largest absolute Gasteiger partial charge is 0.337 e. The van der Waals surface area contributed by atoms with E-state index in [0.29, 0.717) is 12.5 Å². The molecule has 1 amide bonds. The Hall–Kier alpha value is -1.84. The van der Waals surface area contributed by atoms with Crippen LogP contribution in [0.4, 0.5) is 0 Å². The molecule has 0 radical (unpaired) electrons. The van der Waals surface area contributed by atoms with E-state index in [1.807, 2.05) is 42.4 Å². The van der Waals surface area contributed by atoms with Crippen LogP contribution in [0.2, 0.25) is 0 Å². The lowest BCUT2D eigenvalue weighted by Crippen LogP contribution is -2.38. The van der Waals surface area contributed by atoms with Gasteiger partial charge < -0.3 is 9.30 Å². The maximum absolute atomic E-state index is 12.3. The topological polar surface area (TPSA) is 37.6 Å². The lowest BCUT2D eigenvalue weighted by atomic mass is 9.84. The molecule has 4 nitrogen and oxygen atoms in total. The van der Waals surface area contributed by atoms with E-state index < -0.39 is 0 Å². The molecule has 100 valence electrons. The van der Waals surface area contributed by atoms with Crippen LogP contribution in [0.25, 0.3) is 5.65 Å². The van der Waals surface area contributed by atoms with Crippen molar-refractivity contribution in [1.82, 2.24) is 14.3 Å². The van der Waals surface area contributed by atoms with Gasteiger partial charge in [0.2, 0.25) is 5.91 Å². The molecule has 0 atom stereocenters. The van der Waals surface area contributed by atoms with Crippen LogP contribution in [0.5, 0.6) is 0 Å². The molecular formula is C15H19N3O. The van der Waals surface area contributed by atoms with Gasteiger partial charge in [0.25, 0.3) is 0 Å². The lowest BCUT2D eigenvalue weighted by molar-refractivity contribution is -0.138. The predicted molar refractivity (Wildman–Crippen MR) is 73.6 cm³/mol. The van der Waals surface area contributed by atoms with Crippen molar-refractivity contribution < 1.29 is 4.79 Å². The van der Waals surface area contributed by atoms with Crippen molar-refractivity contribution in [2.24, 2.45) is 5.92 Å². The van der Waals surface area contributed by atoms with E-state index in [2.05, 4.69) is 9.38 Å². The normalized spacial score (nSPS) is 15.4. The summed E-state index contributed by atoms with van der Waals surface area (Å²) in [4.78, 5) is 18.6. The van der Waals surface area contributed by atoms with Gasteiger partial charge in [-0.1, -0.05) is 12.5 Å². The highest BCUT2D eigenvalue weighted by Gasteiger charge is 2.29. The van der Waals surface area contributed by atoms with Crippen LogP contribution in [0, 0.1) is 5.92 Å². The quantitative estimate of drug-likeness (QED) is 0.844. The number of aromatic nitrogens is 2. The van der Waals surface area contributed by atoms with Crippen LogP contribution in [-0.2, 0) is 11.3 Å². The molecule has 2 heterocycles. The lowest BCUT2D eigenvalue weighted by Gasteiger charge is -2.30. The summed E-state index contributed by atoms with van der Waals surface area (Å²) in [6, 6.07) is 5.94. The number of hydrogen-bond acceptors (Lipinski definition) is 2. The number of hydrogen-bond donors (Lipinski definition) is 0. The monoisotopic (exact) mass is 257 g/mol. The fourth-order valence-corrected chi connectivity index (χ4v) is 2.56. The Morgan fingerprint density at radius 1 is 1.47 bits per heavy atom. The average molecular weight is 257 g/mol.